The molecular weight excluding hydrogens is 264 g/mol. The predicted octanol–water partition coefficient (Wildman–Crippen LogP) is 3.42. The molecule has 2 aromatic rings. The summed E-state index contributed by atoms with van der Waals surface area (Å²) in [6.45, 7) is 4.34. The smallest absolute Gasteiger partial charge is 0.207 e. The van der Waals surface area contributed by atoms with Gasteiger partial charge in [0.1, 0.15) is 11.6 Å². The van der Waals surface area contributed by atoms with Gasteiger partial charge in [0.15, 0.2) is 0 Å². The second-order valence-corrected chi connectivity index (χ2v) is 4.70. The lowest BCUT2D eigenvalue weighted by Gasteiger charge is -2.16. The molecule has 0 radical (unpaired) electrons. The molecule has 1 N–H and O–H groups in total. The van der Waals surface area contributed by atoms with Gasteiger partial charge in [0.05, 0.1) is 18.3 Å². The van der Waals surface area contributed by atoms with Crippen molar-refractivity contribution in [1.82, 2.24) is 9.55 Å². The summed E-state index contributed by atoms with van der Waals surface area (Å²) in [5.74, 6) is -0.739. The normalized spacial score (nSPS) is 12.4. The Labute approximate surface area is 116 Å². The fraction of sp³-hybridized carbons (Fsp3) is 0.357. The zero-order valence-electron chi connectivity index (χ0n) is 11.7. The quantitative estimate of drug-likeness (QED) is 0.912. The van der Waals surface area contributed by atoms with Crippen LogP contribution in [0.4, 0.5) is 20.4 Å². The lowest BCUT2D eigenvalue weighted by atomic mass is 10.3. The van der Waals surface area contributed by atoms with Gasteiger partial charge in [-0.3, -0.25) is 0 Å². The average Bonchev–Trinajstić information content (AvgIpc) is 2.69. The topological polar surface area (TPSA) is 39.1 Å². The summed E-state index contributed by atoms with van der Waals surface area (Å²) in [5.41, 5.74) is 1.13. The van der Waals surface area contributed by atoms with E-state index in [9.17, 15) is 8.78 Å². The van der Waals surface area contributed by atoms with Gasteiger partial charge in [-0.1, -0.05) is 0 Å². The second-order valence-electron chi connectivity index (χ2n) is 4.70. The summed E-state index contributed by atoms with van der Waals surface area (Å²) in [4.78, 5) is 4.32. The molecule has 1 atom stereocenters. The molecule has 1 heterocycles. The minimum atomic E-state index is -0.632. The number of rotatable bonds is 5. The fourth-order valence-corrected chi connectivity index (χ4v) is 2.02. The minimum absolute atomic E-state index is 0.0575. The van der Waals surface area contributed by atoms with E-state index >= 15 is 0 Å². The third-order valence-corrected chi connectivity index (χ3v) is 2.85. The van der Waals surface area contributed by atoms with Crippen molar-refractivity contribution in [3.05, 3.63) is 41.7 Å². The summed E-state index contributed by atoms with van der Waals surface area (Å²) < 4.78 is 33.4. The van der Waals surface area contributed by atoms with Crippen LogP contribution >= 0.6 is 0 Å². The Hall–Kier alpha value is -1.95. The Morgan fingerprint density at radius 3 is 2.55 bits per heavy atom. The van der Waals surface area contributed by atoms with Gasteiger partial charge in [0.2, 0.25) is 5.95 Å². The molecule has 4 nitrogen and oxygen atoms in total. The summed E-state index contributed by atoms with van der Waals surface area (Å²) >= 11 is 0. The van der Waals surface area contributed by atoms with E-state index in [0.717, 1.165) is 11.8 Å². The van der Waals surface area contributed by atoms with Crippen LogP contribution in [-0.2, 0) is 4.74 Å². The molecule has 108 valence electrons. The molecule has 1 unspecified atom stereocenters. The number of ether oxygens (including phenoxy) is 1. The molecule has 0 bridgehead atoms. The molecule has 0 fully saturated rings. The van der Waals surface area contributed by atoms with Crippen molar-refractivity contribution in [1.29, 1.82) is 0 Å². The van der Waals surface area contributed by atoms with Crippen LogP contribution < -0.4 is 5.32 Å². The monoisotopic (exact) mass is 281 g/mol. The van der Waals surface area contributed by atoms with Crippen LogP contribution in [0.2, 0.25) is 0 Å². The molecule has 0 saturated heterocycles. The van der Waals surface area contributed by atoms with Crippen LogP contribution in [0.25, 0.3) is 0 Å². The van der Waals surface area contributed by atoms with Gasteiger partial charge in [0, 0.05) is 25.1 Å². The van der Waals surface area contributed by atoms with E-state index in [-0.39, 0.29) is 6.04 Å². The van der Waals surface area contributed by atoms with Crippen LogP contribution in [0.1, 0.15) is 18.7 Å². The highest BCUT2D eigenvalue weighted by Crippen LogP contribution is 2.22. The van der Waals surface area contributed by atoms with Gasteiger partial charge >= 0.3 is 0 Å². The van der Waals surface area contributed by atoms with Crippen molar-refractivity contribution in [2.45, 2.75) is 19.9 Å². The Bertz CT molecular complexity index is 578. The summed E-state index contributed by atoms with van der Waals surface area (Å²) in [7, 11) is 1.62. The number of nitrogens with one attached hydrogen (secondary N) is 1. The van der Waals surface area contributed by atoms with Crippen LogP contribution in [0.3, 0.4) is 0 Å². The summed E-state index contributed by atoms with van der Waals surface area (Å²) in [6, 6.07) is 3.33. The first kappa shape index (κ1) is 14.5. The number of methoxy groups -OCH3 is 1. The molecule has 6 heteroatoms. The molecule has 0 amide bonds. The maximum Gasteiger partial charge on any atom is 0.207 e. The highest BCUT2D eigenvalue weighted by Gasteiger charge is 2.12. The Balaban J connectivity index is 2.28. The van der Waals surface area contributed by atoms with Gasteiger partial charge < -0.3 is 14.6 Å². The first-order valence-electron chi connectivity index (χ1n) is 6.27. The Kier molecular flexibility index (Phi) is 4.34. The third kappa shape index (κ3) is 3.33. The van der Waals surface area contributed by atoms with Crippen molar-refractivity contribution < 1.29 is 13.5 Å². The molecule has 0 saturated carbocycles. The number of nitrogens with zero attached hydrogens (tertiary/aromatic N) is 2. The maximum atomic E-state index is 13.2. The first-order valence-corrected chi connectivity index (χ1v) is 6.27. The molecule has 0 aliphatic carbocycles. The van der Waals surface area contributed by atoms with Gasteiger partial charge in [0.25, 0.3) is 0 Å². The number of hydrogen-bond donors (Lipinski definition) is 1. The highest BCUT2D eigenvalue weighted by atomic mass is 19.1. The SMILES string of the molecule is COCC(C)n1cc(C)nc1Nc1cc(F)cc(F)c1. The maximum absolute atomic E-state index is 13.2. The Morgan fingerprint density at radius 2 is 1.95 bits per heavy atom. The lowest BCUT2D eigenvalue weighted by Crippen LogP contribution is -2.12. The van der Waals surface area contributed by atoms with Gasteiger partial charge in [-0.05, 0) is 26.0 Å². The highest BCUT2D eigenvalue weighted by molar-refractivity contribution is 5.54. The van der Waals surface area contributed by atoms with E-state index < -0.39 is 11.6 Å². The standard InChI is InChI=1S/C14H17F2N3O/c1-9-7-19(10(2)8-20-3)14(17-9)18-13-5-11(15)4-12(16)6-13/h4-7,10H,8H2,1-3H3,(H,17,18). The molecular formula is C14H17F2N3O. The van der Waals surface area contributed by atoms with E-state index in [0.29, 0.717) is 18.2 Å². The number of halogens is 2. The number of anilines is 2. The predicted molar refractivity (Wildman–Crippen MR) is 73.2 cm³/mol. The van der Waals surface area contributed by atoms with E-state index in [4.69, 9.17) is 4.74 Å². The minimum Gasteiger partial charge on any atom is -0.383 e. The molecule has 1 aromatic carbocycles. The number of aryl methyl sites for hydroxylation is 1. The number of benzene rings is 1. The van der Waals surface area contributed by atoms with Crippen LogP contribution in [0.15, 0.2) is 24.4 Å². The average molecular weight is 281 g/mol. The number of aromatic nitrogens is 2. The van der Waals surface area contributed by atoms with Crippen molar-refractivity contribution in [3.63, 3.8) is 0 Å². The van der Waals surface area contributed by atoms with E-state index in [1.807, 2.05) is 24.6 Å². The number of hydrogen-bond acceptors (Lipinski definition) is 3. The summed E-state index contributed by atoms with van der Waals surface area (Å²) in [5, 5.41) is 2.93. The van der Waals surface area contributed by atoms with E-state index in [1.165, 1.54) is 12.1 Å². The zero-order chi connectivity index (χ0) is 14.7. The van der Waals surface area contributed by atoms with Crippen LogP contribution in [-0.4, -0.2) is 23.3 Å². The summed E-state index contributed by atoms with van der Waals surface area (Å²) in [6.07, 6.45) is 1.86. The molecule has 2 rings (SSSR count). The lowest BCUT2D eigenvalue weighted by molar-refractivity contribution is 0.163. The van der Waals surface area contributed by atoms with Crippen LogP contribution in [0.5, 0.6) is 0 Å². The molecule has 1 aromatic heterocycles. The number of imidazole rings is 1. The van der Waals surface area contributed by atoms with Crippen molar-refractivity contribution in [2.75, 3.05) is 19.0 Å². The second kappa shape index (κ2) is 6.00. The van der Waals surface area contributed by atoms with Gasteiger partial charge in [-0.15, -0.1) is 0 Å². The van der Waals surface area contributed by atoms with Crippen molar-refractivity contribution >= 4 is 11.6 Å². The molecule has 20 heavy (non-hydrogen) atoms. The van der Waals surface area contributed by atoms with Crippen molar-refractivity contribution in [2.24, 2.45) is 0 Å². The van der Waals surface area contributed by atoms with E-state index in [2.05, 4.69) is 10.3 Å². The molecule has 0 spiro atoms. The fourth-order valence-electron chi connectivity index (χ4n) is 2.02. The van der Waals surface area contributed by atoms with E-state index in [1.54, 1.807) is 7.11 Å². The third-order valence-electron chi connectivity index (χ3n) is 2.85. The van der Waals surface area contributed by atoms with Gasteiger partial charge in [-0.2, -0.15) is 0 Å². The van der Waals surface area contributed by atoms with Gasteiger partial charge in [-0.25, -0.2) is 13.8 Å². The van der Waals surface area contributed by atoms with Crippen molar-refractivity contribution in [3.8, 4) is 0 Å². The Morgan fingerprint density at radius 1 is 1.30 bits per heavy atom. The largest absolute Gasteiger partial charge is 0.383 e. The zero-order valence-corrected chi connectivity index (χ0v) is 11.7. The first-order chi connectivity index (χ1) is 9.49. The van der Waals surface area contributed by atoms with Crippen LogP contribution in [0, 0.1) is 18.6 Å². The molecule has 0 aliphatic heterocycles. The molecule has 0 aliphatic rings.